The molecule has 1 aliphatic heterocycles. The Hall–Kier alpha value is -1.53. The van der Waals surface area contributed by atoms with Gasteiger partial charge < -0.3 is 15.4 Å². The number of amides is 1. The molecule has 19 heavy (non-hydrogen) atoms. The molecule has 104 valence electrons. The van der Waals surface area contributed by atoms with Crippen molar-refractivity contribution in [2.24, 2.45) is 0 Å². The van der Waals surface area contributed by atoms with Crippen LogP contribution in [0.1, 0.15) is 12.5 Å². The quantitative estimate of drug-likeness (QED) is 0.860. The Morgan fingerprint density at radius 3 is 3.00 bits per heavy atom. The number of hydrogen-bond donors (Lipinski definition) is 2. The molecule has 2 N–H and O–H groups in total. The summed E-state index contributed by atoms with van der Waals surface area (Å²) in [6, 6.07) is 2.83. The van der Waals surface area contributed by atoms with Gasteiger partial charge in [-0.1, -0.05) is 6.07 Å². The normalized spacial score (nSPS) is 23.1. The number of ether oxygens (including phenoxy) is 1. The van der Waals surface area contributed by atoms with Gasteiger partial charge in [0, 0.05) is 24.7 Å². The minimum atomic E-state index is -0.666. The molecule has 0 unspecified atom stereocenters. The van der Waals surface area contributed by atoms with Crippen molar-refractivity contribution >= 4 is 5.91 Å². The number of morpholine rings is 1. The molecule has 0 aromatic heterocycles. The minimum absolute atomic E-state index is 0.0237. The lowest BCUT2D eigenvalue weighted by atomic mass is 10.1. The highest BCUT2D eigenvalue weighted by molar-refractivity contribution is 5.82. The minimum Gasteiger partial charge on any atom is -0.375 e. The van der Waals surface area contributed by atoms with Crippen LogP contribution in [0, 0.1) is 11.6 Å². The van der Waals surface area contributed by atoms with Crippen molar-refractivity contribution in [3.05, 3.63) is 35.4 Å². The van der Waals surface area contributed by atoms with Gasteiger partial charge >= 0.3 is 0 Å². The van der Waals surface area contributed by atoms with E-state index in [1.165, 1.54) is 6.07 Å². The lowest BCUT2D eigenvalue weighted by Crippen LogP contribution is -2.55. The first kappa shape index (κ1) is 13.9. The predicted molar refractivity (Wildman–Crippen MR) is 65.4 cm³/mol. The Kier molecular flexibility index (Phi) is 4.44. The lowest BCUT2D eigenvalue weighted by molar-refractivity contribution is -0.129. The molecule has 0 spiro atoms. The maximum Gasteiger partial charge on any atom is 0.240 e. The maximum absolute atomic E-state index is 13.4. The van der Waals surface area contributed by atoms with Crippen molar-refractivity contribution in [2.45, 2.75) is 25.6 Å². The number of nitrogens with one attached hydrogen (secondary N) is 2. The third-order valence-electron chi connectivity index (χ3n) is 3.07. The van der Waals surface area contributed by atoms with Gasteiger partial charge in [-0.05, 0) is 13.0 Å². The SMILES string of the molecule is C[C@H]1OCCN[C@@H]1C(=O)NCc1ccc(F)cc1F. The number of carbonyl (C=O) groups is 1. The van der Waals surface area contributed by atoms with Crippen LogP contribution in [0.25, 0.3) is 0 Å². The van der Waals surface area contributed by atoms with Crippen molar-refractivity contribution in [3.8, 4) is 0 Å². The number of carbonyl (C=O) groups excluding carboxylic acids is 1. The van der Waals surface area contributed by atoms with Crippen LogP contribution >= 0.6 is 0 Å². The van der Waals surface area contributed by atoms with Crippen LogP contribution in [0.3, 0.4) is 0 Å². The first-order chi connectivity index (χ1) is 9.08. The molecule has 1 amide bonds. The van der Waals surface area contributed by atoms with Gasteiger partial charge in [0.2, 0.25) is 5.91 Å². The molecule has 0 radical (unpaired) electrons. The highest BCUT2D eigenvalue weighted by Crippen LogP contribution is 2.10. The Labute approximate surface area is 110 Å². The van der Waals surface area contributed by atoms with Crippen molar-refractivity contribution in [2.75, 3.05) is 13.2 Å². The fourth-order valence-corrected chi connectivity index (χ4v) is 1.98. The molecule has 1 aliphatic rings. The zero-order valence-corrected chi connectivity index (χ0v) is 10.6. The second-order valence-corrected chi connectivity index (χ2v) is 4.46. The molecule has 1 heterocycles. The fraction of sp³-hybridized carbons (Fsp3) is 0.462. The summed E-state index contributed by atoms with van der Waals surface area (Å²) in [6.45, 7) is 3.00. The van der Waals surface area contributed by atoms with Gasteiger partial charge in [-0.2, -0.15) is 0 Å². The van der Waals surface area contributed by atoms with Crippen LogP contribution in [0.4, 0.5) is 8.78 Å². The van der Waals surface area contributed by atoms with Crippen LogP contribution in [-0.4, -0.2) is 31.2 Å². The summed E-state index contributed by atoms with van der Waals surface area (Å²) in [7, 11) is 0. The smallest absolute Gasteiger partial charge is 0.240 e. The molecular formula is C13H16F2N2O2. The predicted octanol–water partition coefficient (Wildman–Crippen LogP) is 0.958. The summed E-state index contributed by atoms with van der Waals surface area (Å²) < 4.78 is 31.5. The average molecular weight is 270 g/mol. The molecule has 0 bridgehead atoms. The Morgan fingerprint density at radius 2 is 2.32 bits per heavy atom. The molecule has 2 atom stereocenters. The molecule has 1 fully saturated rings. The van der Waals surface area contributed by atoms with E-state index in [1.807, 2.05) is 0 Å². The van der Waals surface area contributed by atoms with Gasteiger partial charge in [0.25, 0.3) is 0 Å². The van der Waals surface area contributed by atoms with E-state index in [1.54, 1.807) is 6.92 Å². The van der Waals surface area contributed by atoms with Crippen molar-refractivity contribution in [3.63, 3.8) is 0 Å². The lowest BCUT2D eigenvalue weighted by Gasteiger charge is -2.29. The van der Waals surface area contributed by atoms with E-state index in [2.05, 4.69) is 10.6 Å². The Balaban J connectivity index is 1.92. The van der Waals surface area contributed by atoms with Gasteiger partial charge in [0.1, 0.15) is 17.7 Å². The van der Waals surface area contributed by atoms with E-state index in [-0.39, 0.29) is 24.1 Å². The molecule has 1 aromatic rings. The van der Waals surface area contributed by atoms with E-state index < -0.39 is 17.7 Å². The highest BCUT2D eigenvalue weighted by atomic mass is 19.1. The van der Waals surface area contributed by atoms with Crippen LogP contribution in [-0.2, 0) is 16.1 Å². The van der Waals surface area contributed by atoms with Crippen LogP contribution in [0.5, 0.6) is 0 Å². The van der Waals surface area contributed by atoms with E-state index >= 15 is 0 Å². The fourth-order valence-electron chi connectivity index (χ4n) is 1.98. The zero-order chi connectivity index (χ0) is 13.8. The second kappa shape index (κ2) is 6.08. The molecule has 2 rings (SSSR count). The van der Waals surface area contributed by atoms with Gasteiger partial charge in [0.05, 0.1) is 12.7 Å². The van der Waals surface area contributed by atoms with Gasteiger partial charge in [-0.15, -0.1) is 0 Å². The summed E-state index contributed by atoms with van der Waals surface area (Å²) in [5.41, 5.74) is 0.249. The van der Waals surface area contributed by atoms with Crippen LogP contribution in [0.2, 0.25) is 0 Å². The number of hydrogen-bond acceptors (Lipinski definition) is 3. The summed E-state index contributed by atoms with van der Waals surface area (Å²) in [5, 5.41) is 5.65. The van der Waals surface area contributed by atoms with E-state index in [0.717, 1.165) is 12.1 Å². The molecule has 6 heteroatoms. The topological polar surface area (TPSA) is 50.4 Å². The molecule has 0 saturated carbocycles. The second-order valence-electron chi connectivity index (χ2n) is 4.46. The zero-order valence-electron chi connectivity index (χ0n) is 10.6. The summed E-state index contributed by atoms with van der Waals surface area (Å²) >= 11 is 0. The molecule has 4 nitrogen and oxygen atoms in total. The third kappa shape index (κ3) is 3.48. The average Bonchev–Trinajstić information content (AvgIpc) is 2.38. The Morgan fingerprint density at radius 1 is 1.53 bits per heavy atom. The third-order valence-corrected chi connectivity index (χ3v) is 3.07. The van der Waals surface area contributed by atoms with E-state index in [4.69, 9.17) is 4.74 Å². The number of benzene rings is 1. The Bertz CT molecular complexity index is 468. The molecule has 0 aliphatic carbocycles. The summed E-state index contributed by atoms with van der Waals surface area (Å²) in [5.74, 6) is -1.55. The largest absolute Gasteiger partial charge is 0.375 e. The van der Waals surface area contributed by atoms with Crippen LogP contribution < -0.4 is 10.6 Å². The summed E-state index contributed by atoms with van der Waals surface area (Å²) in [4.78, 5) is 11.9. The summed E-state index contributed by atoms with van der Waals surface area (Å²) in [6.07, 6.45) is -0.230. The molecule has 1 saturated heterocycles. The van der Waals surface area contributed by atoms with E-state index in [0.29, 0.717) is 13.2 Å². The molecular weight excluding hydrogens is 254 g/mol. The van der Waals surface area contributed by atoms with Crippen molar-refractivity contribution < 1.29 is 18.3 Å². The molecule has 1 aromatic carbocycles. The van der Waals surface area contributed by atoms with Crippen LogP contribution in [0.15, 0.2) is 18.2 Å². The van der Waals surface area contributed by atoms with Gasteiger partial charge in [-0.25, -0.2) is 8.78 Å². The van der Waals surface area contributed by atoms with Gasteiger partial charge in [0.15, 0.2) is 0 Å². The number of rotatable bonds is 3. The highest BCUT2D eigenvalue weighted by Gasteiger charge is 2.28. The standard InChI is InChI=1S/C13H16F2N2O2/c1-8-12(16-4-5-19-8)13(18)17-7-9-2-3-10(14)6-11(9)15/h2-3,6,8,12,16H,4-5,7H2,1H3,(H,17,18)/t8-,12+/m1/s1. The number of halogens is 2. The maximum atomic E-state index is 13.4. The van der Waals surface area contributed by atoms with Crippen molar-refractivity contribution in [1.82, 2.24) is 10.6 Å². The van der Waals surface area contributed by atoms with Gasteiger partial charge in [-0.3, -0.25) is 4.79 Å². The van der Waals surface area contributed by atoms with Crippen molar-refractivity contribution in [1.29, 1.82) is 0 Å². The first-order valence-corrected chi connectivity index (χ1v) is 6.14. The first-order valence-electron chi connectivity index (χ1n) is 6.14. The van der Waals surface area contributed by atoms with E-state index in [9.17, 15) is 13.6 Å². The monoisotopic (exact) mass is 270 g/mol.